The summed E-state index contributed by atoms with van der Waals surface area (Å²) >= 11 is 0. The number of nitrogens with two attached hydrogens (primary N) is 1. The SMILES string of the molecule is NC(=O)c1ccc(N2CCCCC2)c(NC(=O)Cn2ccc(=O)[nH]c2=O)c1. The molecule has 1 aromatic carbocycles. The number of carbonyl (C=O) groups is 2. The molecule has 142 valence electrons. The Labute approximate surface area is 154 Å². The van der Waals surface area contributed by atoms with Crippen LogP contribution in [-0.2, 0) is 11.3 Å². The van der Waals surface area contributed by atoms with E-state index >= 15 is 0 Å². The Kier molecular flexibility index (Phi) is 5.39. The van der Waals surface area contributed by atoms with Gasteiger partial charge in [0.2, 0.25) is 11.8 Å². The third-order valence-electron chi connectivity index (χ3n) is 4.46. The van der Waals surface area contributed by atoms with E-state index in [9.17, 15) is 19.2 Å². The lowest BCUT2D eigenvalue weighted by Gasteiger charge is -2.30. The number of hydrogen-bond acceptors (Lipinski definition) is 5. The van der Waals surface area contributed by atoms with Gasteiger partial charge < -0.3 is 16.0 Å². The van der Waals surface area contributed by atoms with Crippen LogP contribution >= 0.6 is 0 Å². The molecule has 1 saturated heterocycles. The third-order valence-corrected chi connectivity index (χ3v) is 4.46. The molecule has 2 amide bonds. The van der Waals surface area contributed by atoms with Crippen LogP contribution in [0.3, 0.4) is 0 Å². The molecule has 0 spiro atoms. The number of anilines is 2. The second kappa shape index (κ2) is 7.90. The van der Waals surface area contributed by atoms with Crippen LogP contribution in [-0.4, -0.2) is 34.5 Å². The predicted molar refractivity (Wildman–Crippen MR) is 101 cm³/mol. The van der Waals surface area contributed by atoms with Gasteiger partial charge in [0, 0.05) is 30.9 Å². The third kappa shape index (κ3) is 4.43. The van der Waals surface area contributed by atoms with Gasteiger partial charge in [0.1, 0.15) is 6.54 Å². The zero-order valence-corrected chi connectivity index (χ0v) is 14.7. The van der Waals surface area contributed by atoms with E-state index in [-0.39, 0.29) is 12.1 Å². The minimum absolute atomic E-state index is 0.268. The number of benzene rings is 1. The number of amides is 2. The fourth-order valence-electron chi connectivity index (χ4n) is 3.11. The van der Waals surface area contributed by atoms with Crippen LogP contribution in [0.4, 0.5) is 11.4 Å². The van der Waals surface area contributed by atoms with E-state index in [4.69, 9.17) is 5.73 Å². The normalized spacial score (nSPS) is 14.0. The van der Waals surface area contributed by atoms with Crippen molar-refractivity contribution in [2.45, 2.75) is 25.8 Å². The number of piperidine rings is 1. The van der Waals surface area contributed by atoms with E-state index < -0.39 is 23.1 Å². The van der Waals surface area contributed by atoms with Gasteiger partial charge in [0.05, 0.1) is 11.4 Å². The largest absolute Gasteiger partial charge is 0.370 e. The Morgan fingerprint density at radius 3 is 2.52 bits per heavy atom. The van der Waals surface area contributed by atoms with Crippen molar-refractivity contribution in [3.63, 3.8) is 0 Å². The van der Waals surface area contributed by atoms with Gasteiger partial charge in [0.25, 0.3) is 5.56 Å². The number of nitrogens with one attached hydrogen (secondary N) is 2. The minimum Gasteiger partial charge on any atom is -0.370 e. The number of H-pyrrole nitrogens is 1. The molecule has 27 heavy (non-hydrogen) atoms. The Morgan fingerprint density at radius 2 is 1.85 bits per heavy atom. The van der Waals surface area contributed by atoms with Gasteiger partial charge in [-0.15, -0.1) is 0 Å². The Morgan fingerprint density at radius 1 is 1.11 bits per heavy atom. The molecule has 9 nitrogen and oxygen atoms in total. The van der Waals surface area contributed by atoms with Crippen LogP contribution in [0.25, 0.3) is 0 Å². The maximum Gasteiger partial charge on any atom is 0.328 e. The van der Waals surface area contributed by atoms with Gasteiger partial charge in [-0.3, -0.25) is 23.9 Å². The van der Waals surface area contributed by atoms with Gasteiger partial charge in [0.15, 0.2) is 0 Å². The summed E-state index contributed by atoms with van der Waals surface area (Å²) in [5.74, 6) is -1.04. The molecule has 2 aromatic rings. The standard InChI is InChI=1S/C18H21N5O4/c19-17(26)12-4-5-14(22-7-2-1-3-8-22)13(10-12)20-16(25)11-23-9-6-15(24)21-18(23)27/h4-6,9-10H,1-3,7-8,11H2,(H2,19,26)(H,20,25)(H,21,24,27). The molecule has 1 aromatic heterocycles. The summed E-state index contributed by atoms with van der Waals surface area (Å²) < 4.78 is 1.09. The molecule has 0 bridgehead atoms. The van der Waals surface area contributed by atoms with Crippen LogP contribution in [0.2, 0.25) is 0 Å². The predicted octanol–water partition coefficient (Wildman–Crippen LogP) is 0.264. The van der Waals surface area contributed by atoms with Gasteiger partial charge in [-0.25, -0.2) is 4.79 Å². The summed E-state index contributed by atoms with van der Waals surface area (Å²) in [6.07, 6.45) is 4.52. The number of rotatable bonds is 5. The van der Waals surface area contributed by atoms with Crippen molar-refractivity contribution in [2.24, 2.45) is 5.73 Å². The van der Waals surface area contributed by atoms with Gasteiger partial charge in [-0.05, 0) is 37.5 Å². The number of carbonyl (C=O) groups excluding carboxylic acids is 2. The van der Waals surface area contributed by atoms with Crippen molar-refractivity contribution in [3.8, 4) is 0 Å². The molecule has 0 radical (unpaired) electrons. The van der Waals surface area contributed by atoms with Gasteiger partial charge in [-0.2, -0.15) is 0 Å². The zero-order chi connectivity index (χ0) is 19.4. The zero-order valence-electron chi connectivity index (χ0n) is 14.7. The van der Waals surface area contributed by atoms with Crippen molar-refractivity contribution in [1.82, 2.24) is 9.55 Å². The lowest BCUT2D eigenvalue weighted by atomic mass is 10.1. The van der Waals surface area contributed by atoms with Crippen molar-refractivity contribution < 1.29 is 9.59 Å². The maximum atomic E-state index is 12.4. The first kappa shape index (κ1) is 18.4. The van der Waals surface area contributed by atoms with Gasteiger partial charge >= 0.3 is 5.69 Å². The first-order chi connectivity index (χ1) is 12.9. The van der Waals surface area contributed by atoms with E-state index in [0.29, 0.717) is 5.69 Å². The van der Waals surface area contributed by atoms with Crippen molar-refractivity contribution in [1.29, 1.82) is 0 Å². The molecule has 1 fully saturated rings. The molecule has 0 unspecified atom stereocenters. The number of hydrogen-bond donors (Lipinski definition) is 3. The van der Waals surface area contributed by atoms with Crippen LogP contribution < -0.4 is 27.2 Å². The average molecular weight is 371 g/mol. The Bertz CT molecular complexity index is 972. The fourth-order valence-corrected chi connectivity index (χ4v) is 3.11. The Balaban J connectivity index is 1.85. The second-order valence-electron chi connectivity index (χ2n) is 6.43. The lowest BCUT2D eigenvalue weighted by molar-refractivity contribution is -0.116. The number of aromatic amines is 1. The highest BCUT2D eigenvalue weighted by atomic mass is 16.2. The van der Waals surface area contributed by atoms with E-state index in [2.05, 4.69) is 15.2 Å². The van der Waals surface area contributed by atoms with Crippen LogP contribution in [0.15, 0.2) is 40.1 Å². The van der Waals surface area contributed by atoms with E-state index in [1.54, 1.807) is 18.2 Å². The molecule has 0 atom stereocenters. The topological polar surface area (TPSA) is 130 Å². The van der Waals surface area contributed by atoms with Crippen molar-refractivity contribution >= 4 is 23.2 Å². The first-order valence-corrected chi connectivity index (χ1v) is 8.72. The monoisotopic (exact) mass is 371 g/mol. The van der Waals surface area contributed by atoms with Crippen LogP contribution in [0, 0.1) is 0 Å². The molecule has 3 rings (SSSR count). The molecule has 4 N–H and O–H groups in total. The molecule has 0 aliphatic carbocycles. The highest BCUT2D eigenvalue weighted by Gasteiger charge is 2.18. The van der Waals surface area contributed by atoms with Gasteiger partial charge in [-0.1, -0.05) is 0 Å². The van der Waals surface area contributed by atoms with Crippen LogP contribution in [0.1, 0.15) is 29.6 Å². The summed E-state index contributed by atoms with van der Waals surface area (Å²) in [7, 11) is 0. The molecule has 1 aliphatic heterocycles. The highest BCUT2D eigenvalue weighted by Crippen LogP contribution is 2.29. The van der Waals surface area contributed by atoms with Crippen molar-refractivity contribution in [2.75, 3.05) is 23.3 Å². The number of aromatic nitrogens is 2. The molecular weight excluding hydrogens is 350 g/mol. The Hall–Kier alpha value is -3.36. The van der Waals surface area contributed by atoms with Crippen molar-refractivity contribution in [3.05, 3.63) is 56.9 Å². The molecule has 0 saturated carbocycles. The smallest absolute Gasteiger partial charge is 0.328 e. The average Bonchev–Trinajstić information content (AvgIpc) is 2.64. The second-order valence-corrected chi connectivity index (χ2v) is 6.43. The maximum absolute atomic E-state index is 12.4. The van der Waals surface area contributed by atoms with E-state index in [0.717, 1.165) is 42.6 Å². The summed E-state index contributed by atoms with van der Waals surface area (Å²) in [5.41, 5.74) is 5.72. The van der Waals surface area contributed by atoms with E-state index in [1.165, 1.54) is 12.3 Å². The molecule has 1 aliphatic rings. The van der Waals surface area contributed by atoms with E-state index in [1.807, 2.05) is 0 Å². The molecule has 2 heterocycles. The lowest BCUT2D eigenvalue weighted by Crippen LogP contribution is -2.33. The summed E-state index contributed by atoms with van der Waals surface area (Å²) in [4.78, 5) is 51.1. The fraction of sp³-hybridized carbons (Fsp3) is 0.333. The number of primary amides is 1. The molecular formula is C18H21N5O4. The number of nitrogens with zero attached hydrogens (tertiary/aromatic N) is 2. The summed E-state index contributed by atoms with van der Waals surface area (Å²) in [6.45, 7) is 1.45. The summed E-state index contributed by atoms with van der Waals surface area (Å²) in [6, 6.07) is 6.11. The summed E-state index contributed by atoms with van der Waals surface area (Å²) in [5, 5.41) is 2.75. The first-order valence-electron chi connectivity index (χ1n) is 8.72. The minimum atomic E-state index is -0.667. The highest BCUT2D eigenvalue weighted by molar-refractivity contribution is 5.99. The van der Waals surface area contributed by atoms with Crippen LogP contribution in [0.5, 0.6) is 0 Å². The quantitative estimate of drug-likeness (QED) is 0.694. The molecule has 9 heteroatoms.